The van der Waals surface area contributed by atoms with Crippen molar-refractivity contribution in [1.29, 1.82) is 0 Å². The molecule has 0 saturated heterocycles. The highest BCUT2D eigenvalue weighted by molar-refractivity contribution is 8.18. The molecule has 1 aliphatic rings. The lowest BCUT2D eigenvalue weighted by molar-refractivity contribution is -0.138. The highest BCUT2D eigenvalue weighted by atomic mass is 32.2. The summed E-state index contributed by atoms with van der Waals surface area (Å²) in [5, 5.41) is 12.3. The largest absolute Gasteiger partial charge is 0.480 e. The highest BCUT2D eigenvalue weighted by Gasteiger charge is 2.09. The van der Waals surface area contributed by atoms with Gasteiger partial charge >= 0.3 is 5.97 Å². The Kier molecular flexibility index (Phi) is 10.2. The molecule has 0 bridgehead atoms. The summed E-state index contributed by atoms with van der Waals surface area (Å²) in [4.78, 5) is 10.1. The van der Waals surface area contributed by atoms with Crippen LogP contribution in [0.2, 0.25) is 0 Å². The molecule has 0 amide bonds. The lowest BCUT2D eigenvalue weighted by atomic mass is 10.1. The first kappa shape index (κ1) is 14.8. The van der Waals surface area contributed by atoms with Crippen LogP contribution in [0.4, 0.5) is 0 Å². The Bertz CT molecular complexity index is 196. The molecule has 7 heteroatoms. The minimum atomic E-state index is -0.933. The molecule has 1 heterocycles. The Balaban J connectivity index is 0.000000322. The Labute approximate surface area is 98.3 Å². The molecule has 0 aromatic rings. The van der Waals surface area contributed by atoms with Crippen molar-refractivity contribution in [2.24, 2.45) is 11.5 Å². The molecular weight excluding hydrogens is 234 g/mol. The fraction of sp³-hybridized carbons (Fsp3) is 0.625. The van der Waals surface area contributed by atoms with Gasteiger partial charge in [-0.05, 0) is 54.1 Å². The summed E-state index contributed by atoms with van der Waals surface area (Å²) in [6, 6.07) is -0.716. The first-order valence-electron chi connectivity index (χ1n) is 4.58. The SMILES string of the molecule is C1=CSNS1.NCCCC[C@H](N)C(=O)O. The van der Waals surface area contributed by atoms with Crippen LogP contribution in [0.15, 0.2) is 10.8 Å². The first-order chi connectivity index (χ1) is 7.18. The van der Waals surface area contributed by atoms with Crippen molar-refractivity contribution in [1.82, 2.24) is 4.13 Å². The molecule has 5 nitrogen and oxygen atoms in total. The van der Waals surface area contributed by atoms with Crippen LogP contribution < -0.4 is 15.6 Å². The predicted octanol–water partition coefficient (Wildman–Crippen LogP) is 0.884. The fourth-order valence-corrected chi connectivity index (χ4v) is 1.88. The lowest BCUT2D eigenvalue weighted by Gasteiger charge is -2.03. The molecule has 0 aromatic heterocycles. The highest BCUT2D eigenvalue weighted by Crippen LogP contribution is 2.14. The number of hydrogen-bond acceptors (Lipinski definition) is 6. The van der Waals surface area contributed by atoms with E-state index in [1.54, 1.807) is 23.9 Å². The van der Waals surface area contributed by atoms with E-state index in [4.69, 9.17) is 16.6 Å². The Morgan fingerprint density at radius 2 is 2.00 bits per heavy atom. The van der Waals surface area contributed by atoms with Gasteiger partial charge in [0.2, 0.25) is 0 Å². The van der Waals surface area contributed by atoms with Gasteiger partial charge in [0.1, 0.15) is 6.04 Å². The third-order valence-corrected chi connectivity index (χ3v) is 3.06. The summed E-state index contributed by atoms with van der Waals surface area (Å²) in [7, 11) is 0. The molecule has 0 aliphatic carbocycles. The van der Waals surface area contributed by atoms with Gasteiger partial charge in [0.15, 0.2) is 0 Å². The van der Waals surface area contributed by atoms with E-state index in [0.29, 0.717) is 13.0 Å². The maximum Gasteiger partial charge on any atom is 0.320 e. The molecule has 15 heavy (non-hydrogen) atoms. The predicted molar refractivity (Wildman–Crippen MR) is 66.0 cm³/mol. The molecule has 0 spiro atoms. The standard InChI is InChI=1S/C6H14N2O2.C2H3NS2/c7-4-2-1-3-5(8)6(9)10;1-2-5-3-4-1/h5H,1-4,7-8H2,(H,9,10);1-3H/t5-;/m0./s1. The monoisotopic (exact) mass is 251 g/mol. The van der Waals surface area contributed by atoms with Gasteiger partial charge in [-0.2, -0.15) is 0 Å². The van der Waals surface area contributed by atoms with Gasteiger partial charge in [0.25, 0.3) is 0 Å². The number of hydrogen-bond donors (Lipinski definition) is 4. The second kappa shape index (κ2) is 10.3. The summed E-state index contributed by atoms with van der Waals surface area (Å²) in [6.45, 7) is 0.604. The molecule has 0 aromatic carbocycles. The van der Waals surface area contributed by atoms with E-state index in [1.165, 1.54) is 0 Å². The summed E-state index contributed by atoms with van der Waals surface area (Å²) < 4.78 is 2.94. The van der Waals surface area contributed by atoms with Crippen LogP contribution in [0.3, 0.4) is 0 Å². The van der Waals surface area contributed by atoms with Crippen molar-refractivity contribution in [3.63, 3.8) is 0 Å². The van der Waals surface area contributed by atoms with Crippen LogP contribution in [0, 0.1) is 0 Å². The first-order valence-corrected chi connectivity index (χ1v) is 6.34. The number of carbonyl (C=O) groups is 1. The Morgan fingerprint density at radius 1 is 1.40 bits per heavy atom. The van der Waals surface area contributed by atoms with Crippen molar-refractivity contribution in [2.45, 2.75) is 25.3 Å². The van der Waals surface area contributed by atoms with Crippen molar-refractivity contribution >= 4 is 29.9 Å². The van der Waals surface area contributed by atoms with Gasteiger partial charge in [0, 0.05) is 0 Å². The molecule has 0 unspecified atom stereocenters. The maximum absolute atomic E-state index is 10.1. The number of aliphatic carboxylic acids is 1. The fourth-order valence-electron chi connectivity index (χ4n) is 0.771. The smallest absolute Gasteiger partial charge is 0.320 e. The van der Waals surface area contributed by atoms with Crippen LogP contribution >= 0.6 is 23.9 Å². The number of carboxylic acids is 1. The number of nitrogens with two attached hydrogens (primary N) is 2. The van der Waals surface area contributed by atoms with E-state index in [-0.39, 0.29) is 0 Å². The van der Waals surface area contributed by atoms with Gasteiger partial charge in [-0.1, -0.05) is 6.42 Å². The third kappa shape index (κ3) is 10.1. The molecule has 0 radical (unpaired) electrons. The third-order valence-electron chi connectivity index (χ3n) is 1.57. The second-order valence-electron chi connectivity index (χ2n) is 2.82. The number of carboxylic acid groups (broad SMARTS) is 1. The molecule has 1 rings (SSSR count). The normalized spacial score (nSPS) is 15.6. The van der Waals surface area contributed by atoms with Crippen LogP contribution in [-0.2, 0) is 4.79 Å². The molecule has 1 aliphatic heterocycles. The van der Waals surface area contributed by atoms with E-state index >= 15 is 0 Å². The van der Waals surface area contributed by atoms with Gasteiger partial charge in [-0.25, -0.2) is 4.13 Å². The van der Waals surface area contributed by atoms with Crippen LogP contribution in [0.5, 0.6) is 0 Å². The zero-order chi connectivity index (χ0) is 11.5. The molecule has 88 valence electrons. The molecular formula is C8H17N3O2S2. The lowest BCUT2D eigenvalue weighted by Crippen LogP contribution is -2.29. The average molecular weight is 251 g/mol. The molecule has 6 N–H and O–H groups in total. The van der Waals surface area contributed by atoms with E-state index in [0.717, 1.165) is 12.8 Å². The second-order valence-corrected chi connectivity index (χ2v) is 4.50. The van der Waals surface area contributed by atoms with E-state index in [2.05, 4.69) is 4.13 Å². The zero-order valence-corrected chi connectivity index (χ0v) is 10.0. The average Bonchev–Trinajstić information content (AvgIpc) is 2.75. The van der Waals surface area contributed by atoms with Crippen molar-refractivity contribution in [3.8, 4) is 0 Å². The van der Waals surface area contributed by atoms with Gasteiger partial charge < -0.3 is 16.6 Å². The topological polar surface area (TPSA) is 101 Å². The van der Waals surface area contributed by atoms with Gasteiger partial charge in [-0.3, -0.25) is 4.79 Å². The molecule has 0 saturated carbocycles. The van der Waals surface area contributed by atoms with Crippen LogP contribution in [0.1, 0.15) is 19.3 Å². The minimum absolute atomic E-state index is 0.520. The van der Waals surface area contributed by atoms with Gasteiger partial charge in [0.05, 0.1) is 0 Å². The summed E-state index contributed by atoms with van der Waals surface area (Å²) in [6.07, 6.45) is 2.16. The summed E-state index contributed by atoms with van der Waals surface area (Å²) in [5.41, 5.74) is 10.4. The van der Waals surface area contributed by atoms with E-state index in [1.807, 2.05) is 10.8 Å². The summed E-state index contributed by atoms with van der Waals surface area (Å²) >= 11 is 3.21. The van der Waals surface area contributed by atoms with E-state index in [9.17, 15) is 4.79 Å². The van der Waals surface area contributed by atoms with Crippen molar-refractivity contribution in [3.05, 3.63) is 10.8 Å². The van der Waals surface area contributed by atoms with Crippen LogP contribution in [-0.4, -0.2) is 23.7 Å². The number of rotatable bonds is 5. The quantitative estimate of drug-likeness (QED) is 0.425. The van der Waals surface area contributed by atoms with Crippen molar-refractivity contribution in [2.75, 3.05) is 6.54 Å². The summed E-state index contributed by atoms with van der Waals surface area (Å²) in [5.74, 6) is -0.933. The van der Waals surface area contributed by atoms with Crippen molar-refractivity contribution < 1.29 is 9.90 Å². The number of nitrogens with one attached hydrogen (secondary N) is 1. The Morgan fingerprint density at radius 3 is 2.33 bits per heavy atom. The zero-order valence-electron chi connectivity index (χ0n) is 8.39. The van der Waals surface area contributed by atoms with Gasteiger partial charge in [-0.15, -0.1) is 0 Å². The maximum atomic E-state index is 10.1. The van der Waals surface area contributed by atoms with Crippen LogP contribution in [0.25, 0.3) is 0 Å². The Hall–Kier alpha value is -0.210. The molecule has 0 fully saturated rings. The minimum Gasteiger partial charge on any atom is -0.480 e. The number of unbranched alkanes of at least 4 members (excludes halogenated alkanes) is 1. The molecule has 1 atom stereocenters. The van der Waals surface area contributed by atoms with E-state index < -0.39 is 12.0 Å².